The van der Waals surface area contributed by atoms with Crippen LogP contribution < -0.4 is 5.73 Å². The van der Waals surface area contributed by atoms with Crippen molar-refractivity contribution in [3.63, 3.8) is 0 Å². The highest BCUT2D eigenvalue weighted by molar-refractivity contribution is 5.27. The number of allylic oxidation sites excluding steroid dienone is 4. The van der Waals surface area contributed by atoms with Gasteiger partial charge in [-0.25, -0.2) is 0 Å². The molecule has 0 saturated carbocycles. The monoisotopic (exact) mass is 217 g/mol. The second kappa shape index (κ2) is 9.00. The van der Waals surface area contributed by atoms with E-state index in [4.69, 9.17) is 12.2 Å². The van der Waals surface area contributed by atoms with Gasteiger partial charge in [0.15, 0.2) is 0 Å². The van der Waals surface area contributed by atoms with Gasteiger partial charge in [0.05, 0.1) is 0 Å². The molecule has 0 bridgehead atoms. The van der Waals surface area contributed by atoms with E-state index in [1.165, 1.54) is 5.57 Å². The highest BCUT2D eigenvalue weighted by Crippen LogP contribution is 2.12. The third-order valence-electron chi connectivity index (χ3n) is 2.28. The number of terminal acetylenes is 1. The van der Waals surface area contributed by atoms with E-state index in [9.17, 15) is 0 Å². The van der Waals surface area contributed by atoms with Gasteiger partial charge in [-0.1, -0.05) is 30.6 Å². The van der Waals surface area contributed by atoms with Crippen molar-refractivity contribution in [1.29, 1.82) is 0 Å². The standard InChI is InChI=1S/C15H23N/c1-5-7-9-14(8-6-2)12-15(16)11-10-13(3)4/h2,7-9,15H,3,5,10-12,16H2,1,4H3/b9-7-,14-8+. The van der Waals surface area contributed by atoms with Crippen LogP contribution in [0.15, 0.2) is 36.0 Å². The predicted molar refractivity (Wildman–Crippen MR) is 73.0 cm³/mol. The molecule has 88 valence electrons. The van der Waals surface area contributed by atoms with Gasteiger partial charge in [-0.2, -0.15) is 0 Å². The molecule has 0 radical (unpaired) electrons. The highest BCUT2D eigenvalue weighted by atomic mass is 14.6. The molecule has 1 heteroatoms. The molecule has 0 saturated heterocycles. The fraction of sp³-hybridized carbons (Fsp3) is 0.467. The van der Waals surface area contributed by atoms with Gasteiger partial charge in [-0.15, -0.1) is 13.0 Å². The average Bonchev–Trinajstić information content (AvgIpc) is 2.23. The average molecular weight is 217 g/mol. The molecular weight excluding hydrogens is 194 g/mol. The molecule has 0 aromatic rings. The van der Waals surface area contributed by atoms with Gasteiger partial charge in [0, 0.05) is 6.04 Å². The first-order chi connectivity index (χ1) is 7.60. The van der Waals surface area contributed by atoms with Gasteiger partial charge in [-0.3, -0.25) is 0 Å². The molecule has 0 aliphatic rings. The maximum Gasteiger partial charge on any atom is 0.00825 e. The van der Waals surface area contributed by atoms with Gasteiger partial charge in [0.25, 0.3) is 0 Å². The first kappa shape index (κ1) is 14.7. The topological polar surface area (TPSA) is 26.0 Å². The summed E-state index contributed by atoms with van der Waals surface area (Å²) in [5.41, 5.74) is 8.36. The van der Waals surface area contributed by atoms with Crippen LogP contribution in [-0.4, -0.2) is 6.04 Å². The molecular formula is C15H23N. The van der Waals surface area contributed by atoms with E-state index >= 15 is 0 Å². The van der Waals surface area contributed by atoms with Gasteiger partial charge in [-0.05, 0) is 44.3 Å². The Balaban J connectivity index is 4.20. The van der Waals surface area contributed by atoms with Crippen molar-refractivity contribution in [3.05, 3.63) is 36.0 Å². The maximum atomic E-state index is 6.04. The summed E-state index contributed by atoms with van der Waals surface area (Å²) in [5.74, 6) is 2.56. The fourth-order valence-corrected chi connectivity index (χ4v) is 1.39. The second-order valence-corrected chi connectivity index (χ2v) is 4.16. The van der Waals surface area contributed by atoms with E-state index in [1.54, 1.807) is 6.08 Å². The Morgan fingerprint density at radius 1 is 1.56 bits per heavy atom. The van der Waals surface area contributed by atoms with Crippen LogP contribution in [0.4, 0.5) is 0 Å². The van der Waals surface area contributed by atoms with Gasteiger partial charge >= 0.3 is 0 Å². The van der Waals surface area contributed by atoms with Crippen LogP contribution in [0.2, 0.25) is 0 Å². The van der Waals surface area contributed by atoms with Crippen LogP contribution in [-0.2, 0) is 0 Å². The zero-order chi connectivity index (χ0) is 12.4. The van der Waals surface area contributed by atoms with E-state index in [0.29, 0.717) is 0 Å². The summed E-state index contributed by atoms with van der Waals surface area (Å²) in [6.45, 7) is 8.01. The first-order valence-electron chi connectivity index (χ1n) is 5.81. The van der Waals surface area contributed by atoms with Gasteiger partial charge < -0.3 is 5.73 Å². The molecule has 0 aromatic heterocycles. The largest absolute Gasteiger partial charge is 0.327 e. The Bertz CT molecular complexity index is 302. The van der Waals surface area contributed by atoms with Crippen molar-refractivity contribution < 1.29 is 0 Å². The van der Waals surface area contributed by atoms with Crippen LogP contribution in [0.1, 0.15) is 39.5 Å². The Morgan fingerprint density at radius 3 is 2.75 bits per heavy atom. The molecule has 0 aliphatic heterocycles. The molecule has 1 atom stereocenters. The number of hydrogen-bond donors (Lipinski definition) is 1. The zero-order valence-electron chi connectivity index (χ0n) is 10.5. The maximum absolute atomic E-state index is 6.04. The van der Waals surface area contributed by atoms with E-state index in [0.717, 1.165) is 31.3 Å². The van der Waals surface area contributed by atoms with Gasteiger partial charge in [0.2, 0.25) is 0 Å². The third kappa shape index (κ3) is 8.08. The molecule has 2 N–H and O–H groups in total. The van der Waals surface area contributed by atoms with Crippen LogP contribution in [0.25, 0.3) is 0 Å². The lowest BCUT2D eigenvalue weighted by atomic mass is 10.00. The summed E-state index contributed by atoms with van der Waals surface area (Å²) in [6, 6.07) is 0.165. The first-order valence-corrected chi connectivity index (χ1v) is 5.81. The summed E-state index contributed by atoms with van der Waals surface area (Å²) in [6.07, 6.45) is 15.1. The Morgan fingerprint density at radius 2 is 2.25 bits per heavy atom. The van der Waals surface area contributed by atoms with E-state index in [2.05, 4.69) is 31.6 Å². The van der Waals surface area contributed by atoms with Crippen molar-refractivity contribution in [1.82, 2.24) is 0 Å². The lowest BCUT2D eigenvalue weighted by Gasteiger charge is -2.11. The lowest BCUT2D eigenvalue weighted by Crippen LogP contribution is -2.20. The molecule has 0 aromatic carbocycles. The minimum Gasteiger partial charge on any atom is -0.327 e. The predicted octanol–water partition coefficient (Wildman–Crippen LogP) is 3.59. The Hall–Kier alpha value is -1.26. The lowest BCUT2D eigenvalue weighted by molar-refractivity contribution is 0.611. The summed E-state index contributed by atoms with van der Waals surface area (Å²) in [4.78, 5) is 0. The van der Waals surface area contributed by atoms with Gasteiger partial charge in [0.1, 0.15) is 0 Å². The van der Waals surface area contributed by atoms with Crippen LogP contribution in [0, 0.1) is 12.3 Å². The molecule has 0 aliphatic carbocycles. The SMILES string of the molecule is C#C/C=C(\C=C/CC)CC(N)CCC(=C)C. The fourth-order valence-electron chi connectivity index (χ4n) is 1.39. The Labute approximate surface area is 100 Å². The normalized spacial score (nSPS) is 13.8. The van der Waals surface area contributed by atoms with E-state index in [1.807, 2.05) is 6.92 Å². The van der Waals surface area contributed by atoms with E-state index in [-0.39, 0.29) is 6.04 Å². The van der Waals surface area contributed by atoms with Crippen molar-refractivity contribution in [2.75, 3.05) is 0 Å². The van der Waals surface area contributed by atoms with Crippen LogP contribution in [0.3, 0.4) is 0 Å². The molecule has 0 amide bonds. The van der Waals surface area contributed by atoms with Crippen molar-refractivity contribution in [2.24, 2.45) is 5.73 Å². The molecule has 16 heavy (non-hydrogen) atoms. The van der Waals surface area contributed by atoms with E-state index < -0.39 is 0 Å². The molecule has 0 rings (SSSR count). The van der Waals surface area contributed by atoms with Crippen molar-refractivity contribution >= 4 is 0 Å². The zero-order valence-corrected chi connectivity index (χ0v) is 10.5. The third-order valence-corrected chi connectivity index (χ3v) is 2.28. The number of nitrogens with two attached hydrogens (primary N) is 1. The van der Waals surface area contributed by atoms with Crippen LogP contribution in [0.5, 0.6) is 0 Å². The summed E-state index contributed by atoms with van der Waals surface area (Å²) in [7, 11) is 0. The quantitative estimate of drug-likeness (QED) is 0.394. The summed E-state index contributed by atoms with van der Waals surface area (Å²) >= 11 is 0. The second-order valence-electron chi connectivity index (χ2n) is 4.16. The summed E-state index contributed by atoms with van der Waals surface area (Å²) < 4.78 is 0. The Kier molecular flexibility index (Phi) is 8.29. The molecule has 1 nitrogen and oxygen atoms in total. The van der Waals surface area contributed by atoms with Crippen molar-refractivity contribution in [3.8, 4) is 12.3 Å². The minimum atomic E-state index is 0.165. The molecule has 1 unspecified atom stereocenters. The molecule has 0 spiro atoms. The van der Waals surface area contributed by atoms with Crippen LogP contribution >= 0.6 is 0 Å². The number of hydrogen-bond acceptors (Lipinski definition) is 1. The highest BCUT2D eigenvalue weighted by Gasteiger charge is 2.04. The van der Waals surface area contributed by atoms with Crippen molar-refractivity contribution in [2.45, 2.75) is 45.6 Å². The number of rotatable bonds is 7. The molecule has 0 fully saturated rings. The molecule has 0 heterocycles. The summed E-state index contributed by atoms with van der Waals surface area (Å²) in [5, 5.41) is 0. The minimum absolute atomic E-state index is 0.165. The smallest absolute Gasteiger partial charge is 0.00825 e.